The quantitative estimate of drug-likeness (QED) is 0.527. The Hall–Kier alpha value is -2.80. The van der Waals surface area contributed by atoms with Crippen molar-refractivity contribution in [3.63, 3.8) is 0 Å². The third-order valence-corrected chi connectivity index (χ3v) is 5.16. The monoisotopic (exact) mass is 411 g/mol. The first-order chi connectivity index (χ1) is 13.9. The van der Waals surface area contributed by atoms with Gasteiger partial charge in [0.1, 0.15) is 5.75 Å². The molecule has 29 heavy (non-hydrogen) atoms. The number of para-hydroxylation sites is 1. The maximum Gasteiger partial charge on any atom is 0.277 e. The molecule has 0 N–H and O–H groups in total. The Labute approximate surface area is 175 Å². The Bertz CT molecular complexity index is 951. The molecule has 0 saturated heterocycles. The molecule has 1 amide bonds. The maximum atomic E-state index is 12.9. The average Bonchev–Trinajstić information content (AvgIpc) is 3.19. The number of amides is 1. The predicted octanol–water partition coefficient (Wildman–Crippen LogP) is 4.66. The third-order valence-electron chi connectivity index (χ3n) is 4.36. The van der Waals surface area contributed by atoms with Gasteiger partial charge < -0.3 is 14.1 Å². The van der Waals surface area contributed by atoms with Gasteiger partial charge in [-0.2, -0.15) is 0 Å². The molecule has 0 aliphatic heterocycles. The third kappa shape index (κ3) is 5.38. The molecule has 0 aliphatic carbocycles. The summed E-state index contributed by atoms with van der Waals surface area (Å²) in [4.78, 5) is 14.8. The van der Waals surface area contributed by atoms with Crippen LogP contribution in [0.4, 0.5) is 0 Å². The molecule has 2 aromatic carbocycles. The zero-order valence-electron chi connectivity index (χ0n) is 17.1. The molecule has 152 valence electrons. The molecule has 0 unspecified atom stereocenters. The molecule has 0 radical (unpaired) electrons. The van der Waals surface area contributed by atoms with Crippen molar-refractivity contribution in [1.82, 2.24) is 15.1 Å². The van der Waals surface area contributed by atoms with E-state index in [9.17, 15) is 4.79 Å². The minimum atomic E-state index is -0.301. The summed E-state index contributed by atoms with van der Waals surface area (Å²) >= 11 is 1.24. The van der Waals surface area contributed by atoms with E-state index in [1.807, 2.05) is 80.3 Å². The lowest BCUT2D eigenvalue weighted by Gasteiger charge is -2.35. The standard InChI is InChI=1S/C22H25N3O3S/c1-22(2,3)25(14-16-10-6-5-7-11-16)19(26)15-29-21-24-23-20(28-21)17-12-8-9-13-18(17)27-4/h5-13H,14-15H2,1-4H3. The minimum Gasteiger partial charge on any atom is -0.496 e. The second-order valence-corrected chi connectivity index (χ2v) is 8.42. The fraction of sp³-hybridized carbons (Fsp3) is 0.318. The van der Waals surface area contributed by atoms with E-state index in [1.54, 1.807) is 7.11 Å². The molecular weight excluding hydrogens is 386 g/mol. The summed E-state index contributed by atoms with van der Waals surface area (Å²) < 4.78 is 11.1. The van der Waals surface area contributed by atoms with Crippen LogP contribution in [0.15, 0.2) is 64.2 Å². The first kappa shape index (κ1) is 20.9. The van der Waals surface area contributed by atoms with Crippen LogP contribution < -0.4 is 4.74 Å². The number of nitrogens with zero attached hydrogens (tertiary/aromatic N) is 3. The van der Waals surface area contributed by atoms with Gasteiger partial charge in [0.2, 0.25) is 5.91 Å². The topological polar surface area (TPSA) is 68.5 Å². The van der Waals surface area contributed by atoms with Gasteiger partial charge in [-0.05, 0) is 38.5 Å². The number of hydrogen-bond acceptors (Lipinski definition) is 6. The molecule has 7 heteroatoms. The number of carbonyl (C=O) groups excluding carboxylic acids is 1. The fourth-order valence-electron chi connectivity index (χ4n) is 2.87. The summed E-state index contributed by atoms with van der Waals surface area (Å²) in [5.74, 6) is 1.26. The molecule has 1 heterocycles. The van der Waals surface area contributed by atoms with Gasteiger partial charge in [-0.1, -0.05) is 54.2 Å². The van der Waals surface area contributed by atoms with Crippen LogP contribution in [0.25, 0.3) is 11.5 Å². The molecule has 0 fully saturated rings. The lowest BCUT2D eigenvalue weighted by atomic mass is 10.0. The van der Waals surface area contributed by atoms with Gasteiger partial charge in [-0.3, -0.25) is 4.79 Å². The average molecular weight is 412 g/mol. The highest BCUT2D eigenvalue weighted by molar-refractivity contribution is 7.99. The number of carbonyl (C=O) groups is 1. The van der Waals surface area contributed by atoms with Crippen LogP contribution in [0.2, 0.25) is 0 Å². The zero-order chi connectivity index (χ0) is 20.9. The second-order valence-electron chi connectivity index (χ2n) is 7.50. The van der Waals surface area contributed by atoms with E-state index in [-0.39, 0.29) is 17.2 Å². The molecular formula is C22H25N3O3S. The molecule has 6 nitrogen and oxygen atoms in total. The SMILES string of the molecule is COc1ccccc1-c1nnc(SCC(=O)N(Cc2ccccc2)C(C)(C)C)o1. The smallest absolute Gasteiger partial charge is 0.277 e. The van der Waals surface area contributed by atoms with Gasteiger partial charge in [0.25, 0.3) is 11.1 Å². The van der Waals surface area contributed by atoms with Crippen LogP contribution in [-0.2, 0) is 11.3 Å². The first-order valence-electron chi connectivity index (χ1n) is 9.32. The maximum absolute atomic E-state index is 12.9. The lowest BCUT2D eigenvalue weighted by molar-refractivity contribution is -0.133. The van der Waals surface area contributed by atoms with Crippen LogP contribution in [0.5, 0.6) is 5.75 Å². The predicted molar refractivity (Wildman–Crippen MR) is 114 cm³/mol. The Morgan fingerprint density at radius 2 is 1.76 bits per heavy atom. The summed E-state index contributed by atoms with van der Waals surface area (Å²) in [7, 11) is 1.59. The molecule has 0 saturated carbocycles. The highest BCUT2D eigenvalue weighted by atomic mass is 32.2. The van der Waals surface area contributed by atoms with Crippen molar-refractivity contribution >= 4 is 17.7 Å². The summed E-state index contributed by atoms with van der Waals surface area (Å²) in [6.45, 7) is 6.65. The van der Waals surface area contributed by atoms with Gasteiger partial charge in [-0.15, -0.1) is 10.2 Å². The summed E-state index contributed by atoms with van der Waals surface area (Å²) in [5, 5.41) is 8.51. The van der Waals surface area contributed by atoms with Crippen molar-refractivity contribution in [1.29, 1.82) is 0 Å². The van der Waals surface area contributed by atoms with Gasteiger partial charge in [0.05, 0.1) is 18.4 Å². The van der Waals surface area contributed by atoms with Gasteiger partial charge in [-0.25, -0.2) is 0 Å². The molecule has 0 spiro atoms. The summed E-state index contributed by atoms with van der Waals surface area (Å²) in [6.07, 6.45) is 0. The Morgan fingerprint density at radius 1 is 1.07 bits per heavy atom. The number of aromatic nitrogens is 2. The molecule has 1 aromatic heterocycles. The zero-order valence-corrected chi connectivity index (χ0v) is 17.9. The van der Waals surface area contributed by atoms with Crippen molar-refractivity contribution < 1.29 is 13.9 Å². The fourth-order valence-corrected chi connectivity index (χ4v) is 3.50. The molecule has 0 atom stereocenters. The lowest BCUT2D eigenvalue weighted by Crippen LogP contribution is -2.45. The van der Waals surface area contributed by atoms with Crippen molar-refractivity contribution in [3.8, 4) is 17.2 Å². The number of benzene rings is 2. The van der Waals surface area contributed by atoms with Crippen LogP contribution >= 0.6 is 11.8 Å². The highest BCUT2D eigenvalue weighted by Crippen LogP contribution is 2.30. The normalized spacial score (nSPS) is 11.3. The highest BCUT2D eigenvalue weighted by Gasteiger charge is 2.27. The van der Waals surface area contributed by atoms with Crippen molar-refractivity contribution in [2.45, 2.75) is 38.1 Å². The molecule has 3 aromatic rings. The van der Waals surface area contributed by atoms with E-state index in [0.29, 0.717) is 23.4 Å². The largest absolute Gasteiger partial charge is 0.496 e. The van der Waals surface area contributed by atoms with Crippen LogP contribution in [0.1, 0.15) is 26.3 Å². The first-order valence-corrected chi connectivity index (χ1v) is 10.3. The van der Waals surface area contributed by atoms with E-state index < -0.39 is 0 Å². The number of hydrogen-bond donors (Lipinski definition) is 0. The van der Waals surface area contributed by atoms with E-state index in [1.165, 1.54) is 11.8 Å². The Morgan fingerprint density at radius 3 is 2.45 bits per heavy atom. The van der Waals surface area contributed by atoms with Crippen molar-refractivity contribution in [2.75, 3.05) is 12.9 Å². The van der Waals surface area contributed by atoms with Gasteiger partial charge in [0, 0.05) is 12.1 Å². The summed E-state index contributed by atoms with van der Waals surface area (Å²) in [6, 6.07) is 17.4. The van der Waals surface area contributed by atoms with Gasteiger partial charge in [0.15, 0.2) is 0 Å². The van der Waals surface area contributed by atoms with E-state index in [4.69, 9.17) is 9.15 Å². The van der Waals surface area contributed by atoms with Crippen LogP contribution in [0, 0.1) is 0 Å². The molecule has 3 rings (SSSR count). The number of methoxy groups -OCH3 is 1. The van der Waals surface area contributed by atoms with Crippen molar-refractivity contribution in [3.05, 3.63) is 60.2 Å². The van der Waals surface area contributed by atoms with E-state index >= 15 is 0 Å². The number of rotatable bonds is 7. The second kappa shape index (κ2) is 9.13. The molecule has 0 aliphatic rings. The van der Waals surface area contributed by atoms with E-state index in [2.05, 4.69) is 10.2 Å². The Kier molecular flexibility index (Phi) is 6.59. The Balaban J connectivity index is 1.68. The van der Waals surface area contributed by atoms with Crippen molar-refractivity contribution in [2.24, 2.45) is 0 Å². The summed E-state index contributed by atoms with van der Waals surface area (Å²) in [5.41, 5.74) is 1.52. The number of ether oxygens (including phenoxy) is 1. The van der Waals surface area contributed by atoms with E-state index in [0.717, 1.165) is 11.1 Å². The van der Waals surface area contributed by atoms with Crippen LogP contribution in [0.3, 0.4) is 0 Å². The number of thioether (sulfide) groups is 1. The molecule has 0 bridgehead atoms. The minimum absolute atomic E-state index is 0.0170. The van der Waals surface area contributed by atoms with Crippen LogP contribution in [-0.4, -0.2) is 39.4 Å². The van der Waals surface area contributed by atoms with Gasteiger partial charge >= 0.3 is 0 Å².